The zero-order valence-electron chi connectivity index (χ0n) is 31.2. The molecule has 0 fully saturated rings. The summed E-state index contributed by atoms with van der Waals surface area (Å²) >= 11 is 0. The predicted octanol–water partition coefficient (Wildman–Crippen LogP) is 15.9. The quantitative estimate of drug-likeness (QED) is 0.170. The van der Waals surface area contributed by atoms with Crippen molar-refractivity contribution >= 4 is 82.9 Å². The molecule has 0 saturated heterocycles. The second kappa shape index (κ2) is 12.9. The van der Waals surface area contributed by atoms with Crippen molar-refractivity contribution in [3.63, 3.8) is 0 Å². The molecule has 0 bridgehead atoms. The lowest BCUT2D eigenvalue weighted by Gasteiger charge is -2.26. The average molecular weight is 744 g/mol. The molecule has 9 aromatic carbocycles. The second-order valence-corrected chi connectivity index (χ2v) is 14.8. The van der Waals surface area contributed by atoms with Crippen LogP contribution in [0.15, 0.2) is 213 Å². The molecule has 0 spiro atoms. The molecule has 0 atom stereocenters. The molecule has 12 aromatic rings. The fourth-order valence-electron chi connectivity index (χ4n) is 8.75. The molecule has 0 aliphatic rings. The van der Waals surface area contributed by atoms with E-state index in [1.807, 2.05) is 30.3 Å². The number of furan rings is 3. The number of benzene rings is 9. The van der Waals surface area contributed by atoms with E-state index in [4.69, 9.17) is 13.3 Å². The second-order valence-electron chi connectivity index (χ2n) is 14.8. The minimum absolute atomic E-state index is 0.827. The molecule has 0 radical (unpaired) electrons. The molecular formula is C54H33NO3. The van der Waals surface area contributed by atoms with Gasteiger partial charge in [0, 0.05) is 55.5 Å². The van der Waals surface area contributed by atoms with Crippen molar-refractivity contribution in [1.82, 2.24) is 0 Å². The van der Waals surface area contributed by atoms with Crippen LogP contribution in [0, 0.1) is 0 Å². The van der Waals surface area contributed by atoms with Crippen molar-refractivity contribution in [3.8, 4) is 33.4 Å². The van der Waals surface area contributed by atoms with E-state index in [1.165, 1.54) is 0 Å². The fourth-order valence-corrected chi connectivity index (χ4v) is 8.75. The first-order chi connectivity index (χ1) is 28.7. The van der Waals surface area contributed by atoms with Crippen molar-refractivity contribution in [2.45, 2.75) is 0 Å². The van der Waals surface area contributed by atoms with Crippen LogP contribution < -0.4 is 4.90 Å². The molecule has 0 unspecified atom stereocenters. The van der Waals surface area contributed by atoms with Gasteiger partial charge in [-0.05, 0) is 82.9 Å². The first-order valence-corrected chi connectivity index (χ1v) is 19.6. The third kappa shape index (κ3) is 5.09. The van der Waals surface area contributed by atoms with Crippen molar-refractivity contribution in [1.29, 1.82) is 0 Å². The van der Waals surface area contributed by atoms with E-state index < -0.39 is 0 Å². The zero-order chi connectivity index (χ0) is 38.2. The Kier molecular flexibility index (Phi) is 7.20. The van der Waals surface area contributed by atoms with Crippen LogP contribution >= 0.6 is 0 Å². The van der Waals surface area contributed by atoms with Crippen LogP contribution in [0.1, 0.15) is 0 Å². The summed E-state index contributed by atoms with van der Waals surface area (Å²) in [5, 5.41) is 6.36. The van der Waals surface area contributed by atoms with Crippen LogP contribution in [0.4, 0.5) is 17.1 Å². The number of nitrogens with zero attached hydrogens (tertiary/aromatic N) is 1. The van der Waals surface area contributed by atoms with Crippen LogP contribution in [0.5, 0.6) is 0 Å². The topological polar surface area (TPSA) is 42.7 Å². The van der Waals surface area contributed by atoms with Gasteiger partial charge in [-0.1, -0.05) is 133 Å². The number of para-hydroxylation sites is 2. The zero-order valence-corrected chi connectivity index (χ0v) is 31.2. The summed E-state index contributed by atoms with van der Waals surface area (Å²) in [5.41, 5.74) is 14.6. The number of fused-ring (bicyclic) bond motifs is 9. The predicted molar refractivity (Wildman–Crippen MR) is 239 cm³/mol. The molecule has 0 aliphatic heterocycles. The average Bonchev–Trinajstić information content (AvgIpc) is 3.98. The maximum atomic E-state index is 6.98. The van der Waals surface area contributed by atoms with Crippen molar-refractivity contribution < 1.29 is 13.3 Å². The van der Waals surface area contributed by atoms with Crippen LogP contribution in [0.2, 0.25) is 0 Å². The molecule has 272 valence electrons. The maximum Gasteiger partial charge on any atom is 0.145 e. The molecule has 3 heterocycles. The van der Waals surface area contributed by atoms with Gasteiger partial charge in [0.05, 0.1) is 11.1 Å². The molecule has 3 aromatic heterocycles. The third-order valence-electron chi connectivity index (χ3n) is 11.5. The van der Waals surface area contributed by atoms with Gasteiger partial charge in [-0.25, -0.2) is 0 Å². The van der Waals surface area contributed by atoms with Crippen LogP contribution in [0.25, 0.3) is 99.2 Å². The largest absolute Gasteiger partial charge is 0.456 e. The maximum absolute atomic E-state index is 6.98. The summed E-state index contributed by atoms with van der Waals surface area (Å²) in [6, 6.07) is 70.1. The molecule has 0 saturated carbocycles. The van der Waals surface area contributed by atoms with E-state index in [9.17, 15) is 0 Å². The smallest absolute Gasteiger partial charge is 0.145 e. The molecule has 4 heteroatoms. The Morgan fingerprint density at radius 3 is 1.67 bits per heavy atom. The van der Waals surface area contributed by atoms with E-state index in [1.54, 1.807) is 0 Å². The van der Waals surface area contributed by atoms with Gasteiger partial charge < -0.3 is 18.2 Å². The summed E-state index contributed by atoms with van der Waals surface area (Å²) < 4.78 is 20.1. The Morgan fingerprint density at radius 1 is 0.293 bits per heavy atom. The number of rotatable bonds is 6. The van der Waals surface area contributed by atoms with E-state index >= 15 is 0 Å². The SMILES string of the molecule is c1ccc(-c2ccc3c(c2)oc2c(-c4ccccc4)ccc(N(c4ccc5c(c4)oc4ccccc45)c4ccc5oc6c(-c7ccccc7)cccc6c5c4)c23)cc1. The Bertz CT molecular complexity index is 3500. The number of hydrogen-bond donors (Lipinski definition) is 0. The monoisotopic (exact) mass is 743 g/mol. The van der Waals surface area contributed by atoms with E-state index in [0.717, 1.165) is 116 Å². The third-order valence-corrected chi connectivity index (χ3v) is 11.5. The summed E-state index contributed by atoms with van der Waals surface area (Å²) in [5.74, 6) is 0. The fraction of sp³-hybridized carbons (Fsp3) is 0. The normalized spacial score (nSPS) is 11.8. The molecule has 0 N–H and O–H groups in total. The van der Waals surface area contributed by atoms with E-state index in [0.29, 0.717) is 0 Å². The van der Waals surface area contributed by atoms with E-state index in [2.05, 4.69) is 175 Å². The molecule has 12 rings (SSSR count). The van der Waals surface area contributed by atoms with Gasteiger partial charge >= 0.3 is 0 Å². The van der Waals surface area contributed by atoms with Gasteiger partial charge in [-0.2, -0.15) is 0 Å². The van der Waals surface area contributed by atoms with Crippen LogP contribution in [0.3, 0.4) is 0 Å². The Morgan fingerprint density at radius 2 is 0.879 bits per heavy atom. The lowest BCUT2D eigenvalue weighted by molar-refractivity contribution is 0.668. The minimum Gasteiger partial charge on any atom is -0.456 e. The first kappa shape index (κ1) is 32.4. The van der Waals surface area contributed by atoms with Crippen molar-refractivity contribution in [2.24, 2.45) is 0 Å². The van der Waals surface area contributed by atoms with Crippen LogP contribution in [-0.2, 0) is 0 Å². The Hall–Kier alpha value is -7.82. The first-order valence-electron chi connectivity index (χ1n) is 19.6. The van der Waals surface area contributed by atoms with Gasteiger partial charge in [-0.15, -0.1) is 0 Å². The molecule has 0 amide bonds. The van der Waals surface area contributed by atoms with Gasteiger partial charge in [0.15, 0.2) is 0 Å². The molecule has 4 nitrogen and oxygen atoms in total. The van der Waals surface area contributed by atoms with Gasteiger partial charge in [0.2, 0.25) is 0 Å². The Labute approximate surface area is 333 Å². The highest BCUT2D eigenvalue weighted by Crippen LogP contribution is 2.48. The molecule has 0 aliphatic carbocycles. The standard InChI is InChI=1S/C54H33NO3/c1-4-13-34(14-5-1)37-23-26-45-50(31-37)58-54-41(36-17-8-3-9-18-36)28-29-47(52(45)54)55(39-24-27-43-42-19-10-11-22-48(42)56-51(43)33-39)38-25-30-49-46(32-38)44-21-12-20-40(53(44)57-49)35-15-6-2-7-16-35/h1-33H. The summed E-state index contributed by atoms with van der Waals surface area (Å²) in [7, 11) is 0. The summed E-state index contributed by atoms with van der Waals surface area (Å²) in [4.78, 5) is 2.34. The lowest BCUT2D eigenvalue weighted by Crippen LogP contribution is -2.10. The molecule has 58 heavy (non-hydrogen) atoms. The lowest BCUT2D eigenvalue weighted by atomic mass is 9.98. The minimum atomic E-state index is 0.827. The highest BCUT2D eigenvalue weighted by molar-refractivity contribution is 6.18. The summed E-state index contributed by atoms with van der Waals surface area (Å²) in [6.45, 7) is 0. The van der Waals surface area contributed by atoms with Gasteiger partial charge in [0.25, 0.3) is 0 Å². The van der Waals surface area contributed by atoms with E-state index in [-0.39, 0.29) is 0 Å². The number of anilines is 3. The van der Waals surface area contributed by atoms with Crippen LogP contribution in [-0.4, -0.2) is 0 Å². The van der Waals surface area contributed by atoms with Crippen molar-refractivity contribution in [2.75, 3.05) is 4.90 Å². The summed E-state index contributed by atoms with van der Waals surface area (Å²) in [6.07, 6.45) is 0. The highest BCUT2D eigenvalue weighted by atomic mass is 16.3. The number of hydrogen-bond acceptors (Lipinski definition) is 4. The molecular weight excluding hydrogens is 711 g/mol. The Balaban J connectivity index is 1.14. The highest BCUT2D eigenvalue weighted by Gasteiger charge is 2.24. The van der Waals surface area contributed by atoms with Crippen molar-refractivity contribution in [3.05, 3.63) is 200 Å². The van der Waals surface area contributed by atoms with Gasteiger partial charge in [-0.3, -0.25) is 0 Å². The van der Waals surface area contributed by atoms with Gasteiger partial charge in [0.1, 0.15) is 33.5 Å².